The summed E-state index contributed by atoms with van der Waals surface area (Å²) in [7, 11) is 1.57. The second-order valence-corrected chi connectivity index (χ2v) is 6.14. The van der Waals surface area contributed by atoms with Gasteiger partial charge < -0.3 is 20.1 Å². The van der Waals surface area contributed by atoms with Crippen LogP contribution in [-0.4, -0.2) is 24.6 Å². The zero-order valence-electron chi connectivity index (χ0n) is 16.2. The van der Waals surface area contributed by atoms with Crippen LogP contribution in [0.25, 0.3) is 0 Å². The van der Waals surface area contributed by atoms with Crippen LogP contribution >= 0.6 is 0 Å². The van der Waals surface area contributed by atoms with Crippen molar-refractivity contribution in [2.24, 2.45) is 0 Å². The Morgan fingerprint density at radius 3 is 2.57 bits per heavy atom. The van der Waals surface area contributed by atoms with Gasteiger partial charge in [0.1, 0.15) is 17.3 Å². The topological polar surface area (TPSA) is 72.5 Å². The molecule has 144 valence electrons. The van der Waals surface area contributed by atoms with E-state index in [-0.39, 0.29) is 5.91 Å². The van der Waals surface area contributed by atoms with Crippen LogP contribution in [0.15, 0.2) is 60.8 Å². The number of ether oxygens (including phenoxy) is 2. The minimum atomic E-state index is -0.252. The number of amides is 1. The Hall–Kier alpha value is -3.54. The number of anilines is 3. The van der Waals surface area contributed by atoms with E-state index in [9.17, 15) is 4.79 Å². The molecule has 1 heterocycles. The fourth-order valence-corrected chi connectivity index (χ4v) is 2.71. The van der Waals surface area contributed by atoms with Gasteiger partial charge in [-0.2, -0.15) is 0 Å². The second kappa shape index (κ2) is 8.90. The largest absolute Gasteiger partial charge is 0.495 e. The normalized spacial score (nSPS) is 10.2. The summed E-state index contributed by atoms with van der Waals surface area (Å²) in [6.07, 6.45) is 1.53. The van der Waals surface area contributed by atoms with Gasteiger partial charge in [0.05, 0.1) is 30.7 Å². The van der Waals surface area contributed by atoms with Gasteiger partial charge in [0.15, 0.2) is 0 Å². The second-order valence-electron chi connectivity index (χ2n) is 6.14. The maximum absolute atomic E-state index is 12.6. The molecule has 0 spiro atoms. The van der Waals surface area contributed by atoms with Crippen molar-refractivity contribution in [3.63, 3.8) is 0 Å². The van der Waals surface area contributed by atoms with Gasteiger partial charge in [0.25, 0.3) is 5.91 Å². The quantitative estimate of drug-likeness (QED) is 0.619. The highest BCUT2D eigenvalue weighted by molar-refractivity contribution is 6.05. The number of hydrogen-bond acceptors (Lipinski definition) is 5. The van der Waals surface area contributed by atoms with Gasteiger partial charge in [-0.15, -0.1) is 0 Å². The number of hydrogen-bond donors (Lipinski definition) is 2. The van der Waals surface area contributed by atoms with Crippen molar-refractivity contribution in [2.75, 3.05) is 24.4 Å². The van der Waals surface area contributed by atoms with Crippen molar-refractivity contribution >= 4 is 23.1 Å². The highest BCUT2D eigenvalue weighted by Crippen LogP contribution is 2.27. The van der Waals surface area contributed by atoms with Crippen LogP contribution in [0.1, 0.15) is 22.8 Å². The SMILES string of the molecule is CCOc1ccccc1Nc1ccc(C(=O)Nc2cc(C)ccc2OC)cn1. The van der Waals surface area contributed by atoms with Gasteiger partial charge >= 0.3 is 0 Å². The lowest BCUT2D eigenvalue weighted by Gasteiger charge is -2.12. The highest BCUT2D eigenvalue weighted by atomic mass is 16.5. The van der Waals surface area contributed by atoms with Crippen molar-refractivity contribution in [1.82, 2.24) is 4.98 Å². The van der Waals surface area contributed by atoms with E-state index in [0.29, 0.717) is 29.4 Å². The van der Waals surface area contributed by atoms with E-state index in [1.165, 1.54) is 6.20 Å². The summed E-state index contributed by atoms with van der Waals surface area (Å²) in [5.74, 6) is 1.73. The molecule has 0 aliphatic carbocycles. The minimum Gasteiger partial charge on any atom is -0.495 e. The van der Waals surface area contributed by atoms with Crippen molar-refractivity contribution in [1.29, 1.82) is 0 Å². The standard InChI is InChI=1S/C22H23N3O3/c1-4-28-20-8-6-5-7-17(20)24-21-12-10-16(14-23-21)22(26)25-18-13-15(2)9-11-19(18)27-3/h5-14H,4H2,1-3H3,(H,23,24)(H,25,26). The van der Waals surface area contributed by atoms with Gasteiger partial charge in [-0.3, -0.25) is 4.79 Å². The third-order valence-electron chi connectivity index (χ3n) is 4.08. The summed E-state index contributed by atoms with van der Waals surface area (Å²) >= 11 is 0. The van der Waals surface area contributed by atoms with Crippen LogP contribution in [-0.2, 0) is 0 Å². The van der Waals surface area contributed by atoms with Crippen LogP contribution in [0.3, 0.4) is 0 Å². The monoisotopic (exact) mass is 377 g/mol. The number of nitrogens with one attached hydrogen (secondary N) is 2. The molecule has 6 heteroatoms. The maximum Gasteiger partial charge on any atom is 0.257 e. The molecule has 3 rings (SSSR count). The summed E-state index contributed by atoms with van der Waals surface area (Å²) in [5.41, 5.74) is 2.92. The number of nitrogens with zero attached hydrogens (tertiary/aromatic N) is 1. The van der Waals surface area contributed by atoms with Gasteiger partial charge in [-0.25, -0.2) is 4.98 Å². The van der Waals surface area contributed by atoms with Crippen molar-refractivity contribution in [2.45, 2.75) is 13.8 Å². The van der Waals surface area contributed by atoms with Crippen molar-refractivity contribution < 1.29 is 14.3 Å². The number of pyridine rings is 1. The maximum atomic E-state index is 12.6. The van der Waals surface area contributed by atoms with Crippen molar-refractivity contribution in [3.05, 3.63) is 71.9 Å². The number of aryl methyl sites for hydroxylation is 1. The molecular weight excluding hydrogens is 354 g/mol. The molecule has 6 nitrogen and oxygen atoms in total. The number of carbonyl (C=O) groups excluding carboxylic acids is 1. The van der Waals surface area contributed by atoms with E-state index in [4.69, 9.17) is 9.47 Å². The fourth-order valence-electron chi connectivity index (χ4n) is 2.71. The predicted octanol–water partition coefficient (Wildman–Crippen LogP) is 4.79. The van der Waals surface area contributed by atoms with Crippen LogP contribution in [0.2, 0.25) is 0 Å². The number of aromatic nitrogens is 1. The van der Waals surface area contributed by atoms with Crippen molar-refractivity contribution in [3.8, 4) is 11.5 Å². The minimum absolute atomic E-state index is 0.252. The molecule has 2 N–H and O–H groups in total. The van der Waals surface area contributed by atoms with E-state index in [2.05, 4.69) is 15.6 Å². The Kier molecular flexibility index (Phi) is 6.11. The average molecular weight is 377 g/mol. The lowest BCUT2D eigenvalue weighted by molar-refractivity contribution is 0.102. The van der Waals surface area contributed by atoms with Crippen LogP contribution in [0.4, 0.5) is 17.2 Å². The highest BCUT2D eigenvalue weighted by Gasteiger charge is 2.11. The molecule has 1 amide bonds. The molecule has 2 aromatic carbocycles. The van der Waals surface area contributed by atoms with Crippen LogP contribution < -0.4 is 20.1 Å². The first-order valence-electron chi connectivity index (χ1n) is 9.01. The van der Waals surface area contributed by atoms with Gasteiger partial charge in [0.2, 0.25) is 0 Å². The number of benzene rings is 2. The summed E-state index contributed by atoms with van der Waals surface area (Å²) in [5, 5.41) is 6.08. The lowest BCUT2D eigenvalue weighted by atomic mass is 10.2. The van der Waals surface area contributed by atoms with Crippen LogP contribution in [0.5, 0.6) is 11.5 Å². The third kappa shape index (κ3) is 4.59. The van der Waals surface area contributed by atoms with E-state index < -0.39 is 0 Å². The summed E-state index contributed by atoms with van der Waals surface area (Å²) in [4.78, 5) is 16.9. The first-order valence-corrected chi connectivity index (χ1v) is 9.01. The predicted molar refractivity (Wildman–Crippen MR) is 111 cm³/mol. The molecular formula is C22H23N3O3. The smallest absolute Gasteiger partial charge is 0.257 e. The molecule has 0 fully saturated rings. The Balaban J connectivity index is 1.72. The number of methoxy groups -OCH3 is 1. The molecule has 28 heavy (non-hydrogen) atoms. The Bertz CT molecular complexity index is 955. The Morgan fingerprint density at radius 2 is 1.86 bits per heavy atom. The molecule has 3 aromatic rings. The van der Waals surface area contributed by atoms with E-state index in [1.54, 1.807) is 19.2 Å². The van der Waals surface area contributed by atoms with Gasteiger partial charge in [0, 0.05) is 6.20 Å². The lowest BCUT2D eigenvalue weighted by Crippen LogP contribution is -2.13. The summed E-state index contributed by atoms with van der Waals surface area (Å²) < 4.78 is 10.9. The molecule has 0 aliphatic rings. The third-order valence-corrected chi connectivity index (χ3v) is 4.08. The van der Waals surface area contributed by atoms with E-state index in [1.807, 2.05) is 56.3 Å². The number of carbonyl (C=O) groups is 1. The fraction of sp³-hybridized carbons (Fsp3) is 0.182. The Labute approximate surface area is 164 Å². The average Bonchev–Trinajstić information content (AvgIpc) is 2.70. The zero-order chi connectivity index (χ0) is 19.9. The molecule has 0 radical (unpaired) electrons. The number of rotatable bonds is 7. The number of para-hydroxylation sites is 2. The molecule has 0 aliphatic heterocycles. The molecule has 0 saturated heterocycles. The van der Waals surface area contributed by atoms with E-state index in [0.717, 1.165) is 17.0 Å². The van der Waals surface area contributed by atoms with Gasteiger partial charge in [-0.1, -0.05) is 18.2 Å². The molecule has 0 saturated carbocycles. The van der Waals surface area contributed by atoms with Gasteiger partial charge in [-0.05, 0) is 55.8 Å². The molecule has 0 bridgehead atoms. The summed E-state index contributed by atoms with van der Waals surface area (Å²) in [6.45, 7) is 4.47. The first-order chi connectivity index (χ1) is 13.6. The van der Waals surface area contributed by atoms with Crippen LogP contribution in [0, 0.1) is 6.92 Å². The first kappa shape index (κ1) is 19.2. The van der Waals surface area contributed by atoms with E-state index >= 15 is 0 Å². The summed E-state index contributed by atoms with van der Waals surface area (Å²) in [6, 6.07) is 16.7. The molecule has 0 unspecified atom stereocenters. The zero-order valence-corrected chi connectivity index (χ0v) is 16.2. The molecule has 0 atom stereocenters. The molecule has 1 aromatic heterocycles. The Morgan fingerprint density at radius 1 is 1.04 bits per heavy atom.